The number of amides is 3. The van der Waals surface area contributed by atoms with Gasteiger partial charge in [0.25, 0.3) is 5.91 Å². The topological polar surface area (TPSA) is 144 Å². The molecule has 3 amide bonds. The van der Waals surface area contributed by atoms with Gasteiger partial charge in [0, 0.05) is 54.3 Å². The van der Waals surface area contributed by atoms with E-state index < -0.39 is 6.03 Å². The number of rotatable bonds is 12. The summed E-state index contributed by atoms with van der Waals surface area (Å²) in [6.07, 6.45) is 2.40. The van der Waals surface area contributed by atoms with Gasteiger partial charge in [-0.05, 0) is 60.6 Å². The van der Waals surface area contributed by atoms with Crippen molar-refractivity contribution in [3.05, 3.63) is 114 Å². The Bertz CT molecular complexity index is 2210. The number of carbonyl (C=O) groups is 2. The summed E-state index contributed by atoms with van der Waals surface area (Å²) in [6.45, 7) is 8.71. The molecule has 12 nitrogen and oxygen atoms in total. The highest BCUT2D eigenvalue weighted by atomic mass is 127. The number of carbonyl (C=O) groups excluding carboxylic acids is 2. The Morgan fingerprint density at radius 2 is 1.72 bits per heavy atom. The zero-order valence-corrected chi connectivity index (χ0v) is 32.4. The summed E-state index contributed by atoms with van der Waals surface area (Å²) >= 11 is 1.96. The third kappa shape index (κ3) is 9.80. The maximum atomic E-state index is 13.4. The van der Waals surface area contributed by atoms with E-state index in [1.807, 2.05) is 91.0 Å². The Hall–Kier alpha value is -5.70. The van der Waals surface area contributed by atoms with Crippen molar-refractivity contribution in [3.63, 3.8) is 0 Å². The van der Waals surface area contributed by atoms with Gasteiger partial charge in [0.1, 0.15) is 17.3 Å². The Labute approximate surface area is 324 Å². The molecule has 0 aliphatic carbocycles. The lowest BCUT2D eigenvalue weighted by Crippen LogP contribution is -2.24. The van der Waals surface area contributed by atoms with Crippen LogP contribution in [0, 0.1) is 6.92 Å². The molecule has 0 bridgehead atoms. The highest BCUT2D eigenvalue weighted by Crippen LogP contribution is 2.34. The first-order valence-corrected chi connectivity index (χ1v) is 18.5. The summed E-state index contributed by atoms with van der Waals surface area (Å²) in [6, 6.07) is 27.4. The number of aromatic nitrogens is 4. The monoisotopic (exact) mass is 827 g/mol. The molecule has 0 atom stereocenters. The van der Waals surface area contributed by atoms with Crippen molar-refractivity contribution in [3.8, 4) is 23.1 Å². The number of methoxy groups -OCH3 is 1. The van der Waals surface area contributed by atoms with E-state index in [-0.39, 0.29) is 17.8 Å². The molecule has 0 spiro atoms. The second-order valence-corrected chi connectivity index (χ2v) is 12.2. The normalized spacial score (nSPS) is 10.9. The molecule has 13 heteroatoms. The molecule has 0 saturated carbocycles. The van der Waals surface area contributed by atoms with Gasteiger partial charge in [0.2, 0.25) is 11.8 Å². The molecule has 0 aliphatic rings. The zero-order valence-electron chi connectivity index (χ0n) is 31.2. The second-order valence-electron chi connectivity index (χ2n) is 12.2. The van der Waals surface area contributed by atoms with Crippen LogP contribution in [0.15, 0.2) is 97.2 Å². The van der Waals surface area contributed by atoms with Gasteiger partial charge >= 0.3 is 6.03 Å². The third-order valence-corrected chi connectivity index (χ3v) is 8.01. The molecule has 0 unspecified atom stereocenters. The van der Waals surface area contributed by atoms with Gasteiger partial charge in [0.15, 0.2) is 0 Å². The molecular weight excluding hydrogens is 783 g/mol. The maximum Gasteiger partial charge on any atom is 0.324 e. The van der Waals surface area contributed by atoms with E-state index in [1.54, 1.807) is 54.4 Å². The minimum Gasteiger partial charge on any atom is -0.497 e. The van der Waals surface area contributed by atoms with E-state index in [0.29, 0.717) is 51.6 Å². The highest BCUT2D eigenvalue weighted by molar-refractivity contribution is 14.1. The van der Waals surface area contributed by atoms with Crippen LogP contribution in [0.5, 0.6) is 17.4 Å². The first kappa shape index (κ1) is 37.1. The van der Waals surface area contributed by atoms with Crippen molar-refractivity contribution in [1.29, 1.82) is 0 Å². The number of urea groups is 1. The molecule has 2 heterocycles. The van der Waals surface area contributed by atoms with E-state index in [0.717, 1.165) is 34.1 Å². The summed E-state index contributed by atoms with van der Waals surface area (Å²) in [7, 11) is 1.54. The van der Waals surface area contributed by atoms with Gasteiger partial charge in [-0.25, -0.2) is 14.5 Å². The first-order valence-electron chi connectivity index (χ1n) is 17.7. The quantitative estimate of drug-likeness (QED) is 0.0706. The number of hydrogen-bond acceptors (Lipinski definition) is 8. The van der Waals surface area contributed by atoms with Crippen molar-refractivity contribution < 1.29 is 20.4 Å². The van der Waals surface area contributed by atoms with E-state index in [4.69, 9.17) is 15.9 Å². The van der Waals surface area contributed by atoms with Crippen molar-refractivity contribution in [2.75, 3.05) is 34.5 Å². The number of halogens is 1. The van der Waals surface area contributed by atoms with Crippen LogP contribution in [-0.4, -0.2) is 50.2 Å². The van der Waals surface area contributed by atoms with Crippen molar-refractivity contribution in [2.24, 2.45) is 0 Å². The lowest BCUT2D eigenvalue weighted by molar-refractivity contribution is 0.0953. The fourth-order valence-corrected chi connectivity index (χ4v) is 5.35. The predicted molar refractivity (Wildman–Crippen MR) is 220 cm³/mol. The number of aryl methyl sites for hydroxylation is 1. The van der Waals surface area contributed by atoms with Crippen LogP contribution in [-0.2, 0) is 0 Å². The van der Waals surface area contributed by atoms with Crippen LogP contribution in [0.3, 0.4) is 0 Å². The summed E-state index contributed by atoms with van der Waals surface area (Å²) in [5.74, 6) is 2.15. The summed E-state index contributed by atoms with van der Waals surface area (Å²) in [5.41, 5.74) is 4.47. The molecule has 0 fully saturated rings. The van der Waals surface area contributed by atoms with Gasteiger partial charge in [-0.3, -0.25) is 10.1 Å². The molecule has 4 aromatic carbocycles. The number of nitrogens with zero attached hydrogens (tertiary/aromatic N) is 4. The van der Waals surface area contributed by atoms with Crippen LogP contribution >= 0.6 is 22.6 Å². The van der Waals surface area contributed by atoms with Gasteiger partial charge < -0.3 is 25.4 Å². The van der Waals surface area contributed by atoms with Crippen LogP contribution in [0.2, 0.25) is 0 Å². The standard InChI is InChI=1S/C39H40N8O4.CH3I/c1-6-18-40-37(48)26-20-27(22-29(21-26)50-5)42-38-41-19-17-36(45-38)51-34-16-15-32(30-9-7-8-10-31(30)34)43-39(49)44-35-23-33(24(2)3)46-47(35)28-13-11-25(4)12-14-28;1-2/h7-17,19-24H,6,18H2,1-5H3,(H,40,48)(H,41,42,45)(H2,43,44,49);1H3/i;1D. The van der Waals surface area contributed by atoms with E-state index >= 15 is 0 Å². The van der Waals surface area contributed by atoms with Crippen molar-refractivity contribution >= 4 is 68.4 Å². The summed E-state index contributed by atoms with van der Waals surface area (Å²) < 4.78 is 19.6. The largest absolute Gasteiger partial charge is 0.497 e. The maximum absolute atomic E-state index is 13.4. The van der Waals surface area contributed by atoms with Crippen LogP contribution in [0.25, 0.3) is 16.5 Å². The van der Waals surface area contributed by atoms with E-state index in [2.05, 4.69) is 45.1 Å². The summed E-state index contributed by atoms with van der Waals surface area (Å²) in [5, 5.41) is 18.3. The average Bonchev–Trinajstić information content (AvgIpc) is 3.59. The molecule has 0 saturated heterocycles. The molecule has 6 rings (SSSR count). The fraction of sp³-hybridized carbons (Fsp3) is 0.225. The average molecular weight is 828 g/mol. The molecular formula is C40H43IN8O4. The number of fused-ring (bicyclic) bond motifs is 1. The minimum absolute atomic E-state index is 0.178. The Morgan fingerprint density at radius 1 is 0.962 bits per heavy atom. The fourth-order valence-electron chi connectivity index (χ4n) is 5.35. The lowest BCUT2D eigenvalue weighted by atomic mass is 10.1. The molecule has 53 heavy (non-hydrogen) atoms. The number of benzene rings is 4. The first-order chi connectivity index (χ1) is 26.1. The molecule has 6 aromatic rings. The smallest absolute Gasteiger partial charge is 0.324 e. The number of nitrogens with one attached hydrogen (secondary N) is 4. The Kier molecular flexibility index (Phi) is 12.7. The van der Waals surface area contributed by atoms with Gasteiger partial charge in [0.05, 0.1) is 24.2 Å². The molecule has 0 aliphatic heterocycles. The lowest BCUT2D eigenvalue weighted by Gasteiger charge is -2.14. The number of ether oxygens (including phenoxy) is 2. The van der Waals surface area contributed by atoms with Crippen LogP contribution in [0.4, 0.5) is 27.9 Å². The number of alkyl halides is 1. The minimum atomic E-state index is -0.410. The number of anilines is 4. The van der Waals surface area contributed by atoms with E-state index in [9.17, 15) is 9.59 Å². The van der Waals surface area contributed by atoms with Crippen LogP contribution in [0.1, 0.15) is 56.1 Å². The van der Waals surface area contributed by atoms with Gasteiger partial charge in [-0.1, -0.05) is 85.3 Å². The zero-order chi connectivity index (χ0) is 38.6. The highest BCUT2D eigenvalue weighted by Gasteiger charge is 2.17. The second kappa shape index (κ2) is 18.2. The van der Waals surface area contributed by atoms with Crippen LogP contribution < -0.4 is 30.7 Å². The van der Waals surface area contributed by atoms with E-state index in [1.165, 1.54) is 0 Å². The Morgan fingerprint density at radius 3 is 2.43 bits per heavy atom. The van der Waals surface area contributed by atoms with Crippen molar-refractivity contribution in [2.45, 2.75) is 40.0 Å². The van der Waals surface area contributed by atoms with Crippen molar-refractivity contribution in [1.82, 2.24) is 25.1 Å². The molecule has 274 valence electrons. The number of hydrogen-bond donors (Lipinski definition) is 4. The predicted octanol–water partition coefficient (Wildman–Crippen LogP) is 9.63. The van der Waals surface area contributed by atoms with Gasteiger partial charge in [-0.2, -0.15) is 10.1 Å². The third-order valence-electron chi connectivity index (χ3n) is 8.01. The molecule has 0 radical (unpaired) electrons. The van der Waals surface area contributed by atoms with Gasteiger partial charge in [-0.15, -0.1) is 0 Å². The summed E-state index contributed by atoms with van der Waals surface area (Å²) in [4.78, 5) is 35.4. The SMILES string of the molecule is CCCNC(=O)c1cc(Nc2nccc(Oc3ccc(NC(=O)Nc4cc(C(C)C)nn4-c4ccc(C)cc4)c4ccccc34)n2)cc(OC)c1.[2H]CI. The Balaban J connectivity index is 0.00000181. The molecule has 4 N–H and O–H groups in total. The molecule has 2 aromatic heterocycles.